The van der Waals surface area contributed by atoms with Crippen LogP contribution in [0.4, 0.5) is 34.6 Å². The van der Waals surface area contributed by atoms with Crippen molar-refractivity contribution in [3.8, 4) is 17.1 Å². The number of aromatic nitrogens is 3. The van der Waals surface area contributed by atoms with Gasteiger partial charge in [-0.05, 0) is 106 Å². The topological polar surface area (TPSA) is 301 Å². The summed E-state index contributed by atoms with van der Waals surface area (Å²) in [5.41, 5.74) is 0.344. The van der Waals surface area contributed by atoms with Crippen LogP contribution in [-0.4, -0.2) is 65.6 Å². The van der Waals surface area contributed by atoms with Gasteiger partial charge in [-0.1, -0.05) is 13.0 Å². The number of nitrogens with one attached hydrogen (secondary N) is 2. The minimum atomic E-state index is -4.95. The molecular formula is C30H26ClN7O12S4. The van der Waals surface area contributed by atoms with Crippen LogP contribution in [0.25, 0.3) is 10.8 Å². The molecule has 7 N–H and O–H groups in total. The van der Waals surface area contributed by atoms with E-state index in [-0.39, 0.29) is 49.8 Å². The number of sulfone groups is 1. The number of nitrogens with zero attached hydrogens (tertiary/aromatic N) is 5. The molecule has 0 saturated heterocycles. The molecule has 0 atom stereocenters. The summed E-state index contributed by atoms with van der Waals surface area (Å²) in [5, 5.41) is 27.3. The second kappa shape index (κ2) is 17.3. The fourth-order valence-corrected chi connectivity index (χ4v) is 7.20. The van der Waals surface area contributed by atoms with E-state index in [1.54, 1.807) is 31.2 Å². The van der Waals surface area contributed by atoms with Gasteiger partial charge in [-0.25, -0.2) is 8.42 Å². The molecule has 19 nitrogen and oxygen atoms in total. The largest absolute Gasteiger partial charge is 0.505 e. The van der Waals surface area contributed by atoms with Gasteiger partial charge >= 0.3 is 10.4 Å². The van der Waals surface area contributed by atoms with Crippen LogP contribution >= 0.6 is 23.4 Å². The second-order valence-electron chi connectivity index (χ2n) is 10.4. The summed E-state index contributed by atoms with van der Waals surface area (Å²) in [4.78, 5) is 16.3. The molecule has 54 heavy (non-hydrogen) atoms. The number of azo groups is 1. The van der Waals surface area contributed by atoms with Crippen LogP contribution in [-0.2, 0) is 39.6 Å². The maximum Gasteiger partial charge on any atom is 0.433 e. The van der Waals surface area contributed by atoms with Gasteiger partial charge in [-0.15, -0.1) is 5.11 Å². The minimum Gasteiger partial charge on any atom is -0.505 e. The predicted octanol–water partition coefficient (Wildman–Crippen LogP) is 5.65. The first-order chi connectivity index (χ1) is 25.0. The molecule has 5 rings (SSSR count). The maximum atomic E-state index is 12.5. The van der Waals surface area contributed by atoms with E-state index >= 15 is 0 Å². The lowest BCUT2D eigenvalue weighted by atomic mass is 10.1. The molecule has 24 heteroatoms. The highest BCUT2D eigenvalue weighted by Gasteiger charge is 2.23. The lowest BCUT2D eigenvalue weighted by molar-refractivity contribution is -0.135. The highest BCUT2D eigenvalue weighted by molar-refractivity contribution is 8.04. The third-order valence-electron chi connectivity index (χ3n) is 6.59. The molecule has 5 aromatic rings. The van der Waals surface area contributed by atoms with E-state index in [4.69, 9.17) is 16.2 Å². The van der Waals surface area contributed by atoms with Crippen molar-refractivity contribution in [1.82, 2.24) is 15.0 Å². The number of thioether (sulfide) groups is 1. The van der Waals surface area contributed by atoms with E-state index in [9.17, 15) is 34.9 Å². The number of benzene rings is 4. The average molecular weight is 840 g/mol. The number of hydrogen-bond donors (Lipinski definition) is 5. The third-order valence-corrected chi connectivity index (χ3v) is 10.5. The summed E-state index contributed by atoms with van der Waals surface area (Å²) >= 11 is 7.10. The Hall–Kier alpha value is -5.16. The van der Waals surface area contributed by atoms with Crippen molar-refractivity contribution < 1.29 is 54.2 Å². The molecule has 0 aliphatic heterocycles. The van der Waals surface area contributed by atoms with Crippen LogP contribution < -0.4 is 10.6 Å². The highest BCUT2D eigenvalue weighted by Crippen LogP contribution is 2.42. The Morgan fingerprint density at radius 2 is 1.54 bits per heavy atom. The molecule has 0 spiro atoms. The van der Waals surface area contributed by atoms with Gasteiger partial charge < -0.3 is 21.2 Å². The second-order valence-corrected chi connectivity index (χ2v) is 16.1. The minimum absolute atomic E-state index is 0. The normalized spacial score (nSPS) is 11.8. The molecular weight excluding hydrogens is 814 g/mol. The molecule has 0 aliphatic carbocycles. The zero-order valence-corrected chi connectivity index (χ0v) is 31.2. The van der Waals surface area contributed by atoms with E-state index in [1.165, 1.54) is 42.5 Å². The smallest absolute Gasteiger partial charge is 0.433 e. The highest BCUT2D eigenvalue weighted by atomic mass is 35.5. The zero-order chi connectivity index (χ0) is 38.4. The van der Waals surface area contributed by atoms with Crippen LogP contribution in [0.5, 0.6) is 5.75 Å². The Bertz CT molecular complexity index is 2620. The van der Waals surface area contributed by atoms with Crippen molar-refractivity contribution in [1.29, 1.82) is 0 Å². The van der Waals surface area contributed by atoms with E-state index in [0.717, 1.165) is 17.8 Å². The summed E-state index contributed by atoms with van der Waals surface area (Å²) < 4.78 is 92.7. The van der Waals surface area contributed by atoms with Crippen molar-refractivity contribution >= 4 is 99.1 Å². The summed E-state index contributed by atoms with van der Waals surface area (Å²) in [6, 6.07) is 17.6. The van der Waals surface area contributed by atoms with Crippen molar-refractivity contribution in [3.05, 3.63) is 78.1 Å². The Morgan fingerprint density at radius 1 is 0.870 bits per heavy atom. The van der Waals surface area contributed by atoms with Crippen molar-refractivity contribution in [3.63, 3.8) is 0 Å². The molecule has 1 aromatic heterocycles. The monoisotopic (exact) mass is 839 g/mol. The van der Waals surface area contributed by atoms with Gasteiger partial charge in [0.2, 0.25) is 17.2 Å². The summed E-state index contributed by atoms with van der Waals surface area (Å²) in [5.74, 6) is -0.685. The number of hydrogen-bond acceptors (Lipinski definition) is 17. The standard InChI is InChI=1S/C30H24ClN7O11S4.H2O/c1-2-14-51(40,41)23-5-3-4-21(17-23)37-38-26-25(52(42,43)44)16-18-15-20(8-11-24(18)27(26)39)33-30-35-28(31)34-29(36-30)32-19-6-9-22(10-7-19)50-13-12-48-49-53(45,46)47;/h3-11,15-17,39H,2,14H2,1H3,(H,42,43,44)(H,45,46,47)(H2,32,33,34,35,36);1H2. The summed E-state index contributed by atoms with van der Waals surface area (Å²) in [7, 11) is -13.3. The lowest BCUT2D eigenvalue weighted by Gasteiger charge is -2.12. The number of rotatable bonds is 13. The summed E-state index contributed by atoms with van der Waals surface area (Å²) in [6.45, 7) is 1.72. The molecule has 0 radical (unpaired) electrons. The van der Waals surface area contributed by atoms with Crippen LogP contribution in [0.1, 0.15) is 13.3 Å². The van der Waals surface area contributed by atoms with E-state index < -0.39 is 46.7 Å². The first-order valence-corrected chi connectivity index (χ1v) is 20.2. The van der Waals surface area contributed by atoms with Crippen LogP contribution in [0.2, 0.25) is 5.28 Å². The number of aromatic hydroxyl groups is 1. The average Bonchev–Trinajstić information content (AvgIpc) is 3.07. The van der Waals surface area contributed by atoms with Gasteiger partial charge in [0.1, 0.15) is 10.6 Å². The molecule has 1 heterocycles. The van der Waals surface area contributed by atoms with Crippen molar-refractivity contribution in [2.45, 2.75) is 28.0 Å². The Labute approximate surface area is 316 Å². The third kappa shape index (κ3) is 11.2. The molecule has 4 aromatic carbocycles. The predicted molar refractivity (Wildman–Crippen MR) is 197 cm³/mol. The SMILES string of the molecule is CCCS(=O)(=O)c1cccc(N=Nc2c(S(=O)(=O)O)cc3cc(Nc4nc(Cl)nc(Nc5ccc(SC#COOS(=O)(=O)O)cc5)n4)ccc3c2O)c1.O. The fourth-order valence-electron chi connectivity index (χ4n) is 4.44. The summed E-state index contributed by atoms with van der Waals surface area (Å²) in [6.07, 6.45) is 2.33. The van der Waals surface area contributed by atoms with Gasteiger partial charge in [-0.2, -0.15) is 36.9 Å². The van der Waals surface area contributed by atoms with E-state index in [2.05, 4.69) is 50.3 Å². The van der Waals surface area contributed by atoms with E-state index in [1.807, 2.05) is 6.11 Å². The van der Waals surface area contributed by atoms with Gasteiger partial charge in [0, 0.05) is 26.9 Å². The number of halogens is 1. The van der Waals surface area contributed by atoms with Crippen molar-refractivity contribution in [2.75, 3.05) is 16.4 Å². The van der Waals surface area contributed by atoms with Crippen molar-refractivity contribution in [2.24, 2.45) is 10.2 Å². The number of fused-ring (bicyclic) bond motifs is 1. The first kappa shape index (κ1) is 41.6. The van der Waals surface area contributed by atoms with Gasteiger partial charge in [0.05, 0.1) is 16.3 Å². The molecule has 284 valence electrons. The first-order valence-electron chi connectivity index (χ1n) is 14.6. The van der Waals surface area contributed by atoms with Gasteiger partial charge in [0.25, 0.3) is 10.1 Å². The Kier molecular flexibility index (Phi) is 13.3. The number of anilines is 4. The van der Waals surface area contributed by atoms with Crippen LogP contribution in [0.3, 0.4) is 0 Å². The molecule has 0 saturated carbocycles. The number of phenols is 1. The van der Waals surface area contributed by atoms with Gasteiger partial charge in [-0.3, -0.25) is 14.0 Å². The van der Waals surface area contributed by atoms with Crippen LogP contribution in [0, 0.1) is 11.4 Å². The Balaban J connectivity index is 0.00000650. The number of phenolic OH excluding ortho intramolecular Hbond substituents is 1. The molecule has 0 bridgehead atoms. The Morgan fingerprint density at radius 3 is 2.19 bits per heavy atom. The molecule has 0 unspecified atom stereocenters. The molecule has 0 amide bonds. The quantitative estimate of drug-likeness (QED) is 0.0239. The molecule has 0 fully saturated rings. The molecule has 0 aliphatic rings. The van der Waals surface area contributed by atoms with Gasteiger partial charge in [0.15, 0.2) is 21.7 Å². The van der Waals surface area contributed by atoms with Crippen LogP contribution in [0.15, 0.2) is 97.7 Å². The fraction of sp³-hybridized carbons (Fsp3) is 0.100. The van der Waals surface area contributed by atoms with E-state index in [0.29, 0.717) is 22.7 Å². The maximum absolute atomic E-state index is 12.5. The lowest BCUT2D eigenvalue weighted by Crippen LogP contribution is -2.05. The zero-order valence-electron chi connectivity index (χ0n) is 27.2.